The van der Waals surface area contributed by atoms with E-state index in [1.165, 1.54) is 19.3 Å². The molecule has 0 radical (unpaired) electrons. The van der Waals surface area contributed by atoms with Gasteiger partial charge in [-0.1, -0.05) is 6.07 Å². The average molecular weight is 436 g/mol. The van der Waals surface area contributed by atoms with Crippen LogP contribution in [0.5, 0.6) is 0 Å². The summed E-state index contributed by atoms with van der Waals surface area (Å²) in [6.07, 6.45) is 1.46. The molecule has 0 atom stereocenters. The third-order valence-electron chi connectivity index (χ3n) is 4.29. The summed E-state index contributed by atoms with van der Waals surface area (Å²) in [5.74, 6) is -2.21. The molecule has 2 heterocycles. The van der Waals surface area contributed by atoms with Gasteiger partial charge >= 0.3 is 0 Å². The summed E-state index contributed by atoms with van der Waals surface area (Å²) in [5, 5.41) is 21.8. The van der Waals surface area contributed by atoms with Crippen LogP contribution in [0.4, 0.5) is 14.6 Å². The van der Waals surface area contributed by atoms with E-state index in [9.17, 15) is 24.1 Å². The van der Waals surface area contributed by atoms with Gasteiger partial charge in [-0.2, -0.15) is 10.5 Å². The summed E-state index contributed by atoms with van der Waals surface area (Å²) in [7, 11) is 1.48. The summed E-state index contributed by atoms with van der Waals surface area (Å²) < 4.78 is 28.9. The molecule has 0 saturated heterocycles. The smallest absolute Gasteiger partial charge is 0.269 e. The highest BCUT2D eigenvalue weighted by atomic mass is 32.2. The molecule has 0 fully saturated rings. The van der Waals surface area contributed by atoms with E-state index in [-0.39, 0.29) is 44.9 Å². The minimum absolute atomic E-state index is 0.106. The summed E-state index contributed by atoms with van der Waals surface area (Å²) in [6.45, 7) is 0. The van der Waals surface area contributed by atoms with Gasteiger partial charge in [0.25, 0.3) is 5.91 Å². The van der Waals surface area contributed by atoms with Crippen molar-refractivity contribution in [3.05, 3.63) is 70.5 Å². The molecule has 1 aromatic carbocycles. The first-order valence-electron chi connectivity index (χ1n) is 8.79. The number of nitrogens with zero attached hydrogens (tertiary/aromatic N) is 4. The predicted octanol–water partition coefficient (Wildman–Crippen LogP) is 3.40. The number of amides is 1. The van der Waals surface area contributed by atoms with Crippen LogP contribution in [0, 0.1) is 34.3 Å². The molecule has 0 aliphatic rings. The molecule has 7 nitrogen and oxygen atoms in total. The van der Waals surface area contributed by atoms with Gasteiger partial charge in [-0.3, -0.25) is 9.78 Å². The molecular weight excluding hydrogens is 422 g/mol. The zero-order valence-electron chi connectivity index (χ0n) is 16.1. The van der Waals surface area contributed by atoms with Gasteiger partial charge in [0, 0.05) is 24.6 Å². The Labute approximate surface area is 180 Å². The number of nitrogens with two attached hydrogens (primary N) is 1. The fourth-order valence-electron chi connectivity index (χ4n) is 2.86. The molecule has 0 bridgehead atoms. The van der Waals surface area contributed by atoms with Gasteiger partial charge in [-0.05, 0) is 29.8 Å². The van der Waals surface area contributed by atoms with E-state index in [4.69, 9.17) is 5.73 Å². The van der Waals surface area contributed by atoms with Crippen molar-refractivity contribution in [3.63, 3.8) is 0 Å². The predicted molar refractivity (Wildman–Crippen MR) is 111 cm³/mol. The number of anilines is 1. The van der Waals surface area contributed by atoms with Gasteiger partial charge in [0.05, 0.1) is 11.1 Å². The maximum Gasteiger partial charge on any atom is 0.269 e. The van der Waals surface area contributed by atoms with E-state index in [0.717, 1.165) is 23.9 Å². The molecule has 0 aliphatic carbocycles. The fourth-order valence-corrected chi connectivity index (χ4v) is 3.80. The van der Waals surface area contributed by atoms with Crippen molar-refractivity contribution in [2.75, 3.05) is 12.8 Å². The van der Waals surface area contributed by atoms with E-state index < -0.39 is 17.2 Å². The number of carbonyl (C=O) groups excluding carboxylic acids is 1. The van der Waals surface area contributed by atoms with Gasteiger partial charge in [-0.25, -0.2) is 13.8 Å². The molecule has 3 aromatic rings. The number of thioether (sulfide) groups is 1. The van der Waals surface area contributed by atoms with E-state index >= 15 is 0 Å². The monoisotopic (exact) mass is 436 g/mol. The lowest BCUT2D eigenvalue weighted by Crippen LogP contribution is -2.19. The largest absolute Gasteiger partial charge is 0.383 e. The molecule has 0 aliphatic heterocycles. The second-order valence-electron chi connectivity index (χ2n) is 6.16. The summed E-state index contributed by atoms with van der Waals surface area (Å²) in [6, 6.07) is 10.2. The van der Waals surface area contributed by atoms with Gasteiger partial charge in [-0.15, -0.1) is 11.8 Å². The Morgan fingerprint density at radius 3 is 2.45 bits per heavy atom. The van der Waals surface area contributed by atoms with Crippen LogP contribution in [0.3, 0.4) is 0 Å². The number of pyridine rings is 2. The Balaban J connectivity index is 2.09. The maximum absolute atomic E-state index is 14.5. The van der Waals surface area contributed by atoms with Crippen molar-refractivity contribution in [1.82, 2.24) is 15.3 Å². The lowest BCUT2D eigenvalue weighted by atomic mass is 9.96. The molecule has 3 N–H and O–H groups in total. The highest BCUT2D eigenvalue weighted by molar-refractivity contribution is 7.98. The van der Waals surface area contributed by atoms with Crippen molar-refractivity contribution in [3.8, 4) is 23.3 Å². The first kappa shape index (κ1) is 21.7. The van der Waals surface area contributed by atoms with Crippen molar-refractivity contribution >= 4 is 23.5 Å². The second kappa shape index (κ2) is 9.20. The number of hydrogen-bond donors (Lipinski definition) is 2. The second-order valence-corrected chi connectivity index (χ2v) is 7.13. The molecule has 31 heavy (non-hydrogen) atoms. The number of rotatable bonds is 5. The van der Waals surface area contributed by atoms with Crippen molar-refractivity contribution in [2.24, 2.45) is 0 Å². The molecule has 3 rings (SSSR count). The van der Waals surface area contributed by atoms with Crippen LogP contribution in [0.25, 0.3) is 11.1 Å². The molecule has 0 unspecified atom stereocenters. The summed E-state index contributed by atoms with van der Waals surface area (Å²) in [5.41, 5.74) is 5.59. The summed E-state index contributed by atoms with van der Waals surface area (Å²) >= 11 is 1.08. The van der Waals surface area contributed by atoms with Gasteiger partial charge < -0.3 is 11.1 Å². The van der Waals surface area contributed by atoms with E-state index in [1.54, 1.807) is 18.2 Å². The van der Waals surface area contributed by atoms with Gasteiger partial charge in [0.15, 0.2) is 0 Å². The van der Waals surface area contributed by atoms with Crippen LogP contribution in [0.15, 0.2) is 41.6 Å². The van der Waals surface area contributed by atoms with Crippen LogP contribution >= 0.6 is 11.8 Å². The average Bonchev–Trinajstić information content (AvgIpc) is 2.77. The van der Waals surface area contributed by atoms with E-state index in [1.807, 2.05) is 6.07 Å². The lowest BCUT2D eigenvalue weighted by molar-refractivity contribution is 0.0958. The van der Waals surface area contributed by atoms with Crippen molar-refractivity contribution in [2.45, 2.75) is 10.8 Å². The topological polar surface area (TPSA) is 128 Å². The van der Waals surface area contributed by atoms with Gasteiger partial charge in [0.2, 0.25) is 0 Å². The van der Waals surface area contributed by atoms with Crippen molar-refractivity contribution in [1.29, 1.82) is 10.5 Å². The molecule has 1 amide bonds. The molecule has 10 heteroatoms. The van der Waals surface area contributed by atoms with Crippen LogP contribution in [0.2, 0.25) is 0 Å². The SMILES string of the molecule is CNC(=O)c1cc(CSc2nc(N)c(C#N)c(-c3c(F)cccc3F)c2C#N)ccn1. The Kier molecular flexibility index (Phi) is 6.43. The number of carbonyl (C=O) groups is 1. The number of nitriles is 2. The lowest BCUT2D eigenvalue weighted by Gasteiger charge is -2.14. The zero-order chi connectivity index (χ0) is 22.5. The molecule has 154 valence electrons. The minimum atomic E-state index is -0.932. The first-order valence-corrected chi connectivity index (χ1v) is 9.77. The molecule has 0 saturated carbocycles. The standard InChI is InChI=1S/C21H14F2N6OS/c1-27-20(30)16-7-11(5-6-28-16)10-31-21-13(9-25)17(12(8-24)19(26)29-21)18-14(22)3-2-4-15(18)23/h2-7H,10H2,1H3,(H2,26,29)(H,27,30). The first-order chi connectivity index (χ1) is 14.9. The van der Waals surface area contributed by atoms with E-state index in [0.29, 0.717) is 5.56 Å². The Morgan fingerprint density at radius 1 is 1.16 bits per heavy atom. The molecular formula is C21H14F2N6OS. The quantitative estimate of drug-likeness (QED) is 0.587. The third kappa shape index (κ3) is 4.29. The number of halogens is 2. The number of nitrogen functional groups attached to an aromatic ring is 1. The fraction of sp³-hybridized carbons (Fsp3) is 0.0952. The summed E-state index contributed by atoms with van der Waals surface area (Å²) in [4.78, 5) is 19.9. The molecule has 0 spiro atoms. The van der Waals surface area contributed by atoms with Crippen LogP contribution in [-0.4, -0.2) is 22.9 Å². The number of aromatic nitrogens is 2. The third-order valence-corrected chi connectivity index (χ3v) is 5.33. The zero-order valence-corrected chi connectivity index (χ0v) is 16.9. The number of nitrogens with one attached hydrogen (secondary N) is 1. The molecule has 2 aromatic heterocycles. The Bertz CT molecular complexity index is 1250. The van der Waals surface area contributed by atoms with E-state index in [2.05, 4.69) is 15.3 Å². The Hall–Kier alpha value is -4.02. The van der Waals surface area contributed by atoms with Crippen LogP contribution in [0.1, 0.15) is 27.2 Å². The minimum Gasteiger partial charge on any atom is -0.383 e. The van der Waals surface area contributed by atoms with Crippen molar-refractivity contribution < 1.29 is 13.6 Å². The highest BCUT2D eigenvalue weighted by Crippen LogP contribution is 2.38. The highest BCUT2D eigenvalue weighted by Gasteiger charge is 2.25. The number of hydrogen-bond acceptors (Lipinski definition) is 7. The number of benzene rings is 1. The van der Waals surface area contributed by atoms with Crippen LogP contribution in [-0.2, 0) is 5.75 Å². The maximum atomic E-state index is 14.5. The van der Waals surface area contributed by atoms with Gasteiger partial charge in [0.1, 0.15) is 45.9 Å². The normalized spacial score (nSPS) is 10.2. The van der Waals surface area contributed by atoms with Crippen LogP contribution < -0.4 is 11.1 Å². The Morgan fingerprint density at radius 2 is 1.84 bits per heavy atom.